The van der Waals surface area contributed by atoms with Crippen molar-refractivity contribution in [2.75, 3.05) is 12.4 Å². The number of nitrogens with zero attached hydrogens (tertiary/aromatic N) is 1. The van der Waals surface area contributed by atoms with Crippen LogP contribution in [0.1, 0.15) is 11.1 Å². The summed E-state index contributed by atoms with van der Waals surface area (Å²) in [6, 6.07) is 16.8. The molecule has 0 aliphatic rings. The van der Waals surface area contributed by atoms with Crippen LogP contribution in [-0.2, 0) is 13.2 Å². The highest BCUT2D eigenvalue weighted by Gasteiger charge is 2.13. The van der Waals surface area contributed by atoms with Crippen molar-refractivity contribution in [1.29, 1.82) is 0 Å². The van der Waals surface area contributed by atoms with E-state index in [-0.39, 0.29) is 6.61 Å². The van der Waals surface area contributed by atoms with Gasteiger partial charge in [-0.05, 0) is 30.3 Å². The number of para-hydroxylation sites is 1. The van der Waals surface area contributed by atoms with Gasteiger partial charge in [0.2, 0.25) is 0 Å². The summed E-state index contributed by atoms with van der Waals surface area (Å²) in [5.41, 5.74) is 1.68. The second kappa shape index (κ2) is 8.79. The van der Waals surface area contributed by atoms with Gasteiger partial charge in [0.05, 0.1) is 7.11 Å². The molecule has 1 aromatic heterocycles. The van der Waals surface area contributed by atoms with Crippen LogP contribution < -0.4 is 14.8 Å². The number of nitrogens with one attached hydrogen (secondary N) is 1. The Morgan fingerprint density at radius 2 is 1.73 bits per heavy atom. The molecule has 1 N–H and O–H groups in total. The SMILES string of the molecule is COc1cccc(CNc2ccccn2)c1OCc1c(Cl)cccc1Cl. The van der Waals surface area contributed by atoms with Crippen LogP contribution in [0.25, 0.3) is 0 Å². The molecule has 4 nitrogen and oxygen atoms in total. The highest BCUT2D eigenvalue weighted by molar-refractivity contribution is 6.35. The minimum absolute atomic E-state index is 0.246. The topological polar surface area (TPSA) is 43.4 Å². The summed E-state index contributed by atoms with van der Waals surface area (Å²) >= 11 is 12.5. The molecule has 1 heterocycles. The fourth-order valence-electron chi connectivity index (χ4n) is 2.49. The first-order chi connectivity index (χ1) is 12.7. The standard InChI is InChI=1S/C20H18Cl2N2O2/c1-25-18-9-4-6-14(12-24-19-10-2-3-11-23-19)20(18)26-13-15-16(21)7-5-8-17(15)22/h2-11H,12-13H2,1H3,(H,23,24). The summed E-state index contributed by atoms with van der Waals surface area (Å²) in [6.07, 6.45) is 1.74. The molecule has 26 heavy (non-hydrogen) atoms. The number of pyridine rings is 1. The molecule has 3 aromatic rings. The van der Waals surface area contributed by atoms with Crippen molar-refractivity contribution >= 4 is 29.0 Å². The van der Waals surface area contributed by atoms with Gasteiger partial charge in [0.15, 0.2) is 11.5 Å². The average molecular weight is 389 g/mol. The number of aromatic nitrogens is 1. The van der Waals surface area contributed by atoms with E-state index in [0.717, 1.165) is 16.9 Å². The molecule has 0 saturated carbocycles. The molecule has 0 bridgehead atoms. The molecule has 0 spiro atoms. The predicted octanol–water partition coefficient (Wildman–Crippen LogP) is 5.59. The second-order valence-corrected chi connectivity index (χ2v) is 6.32. The van der Waals surface area contributed by atoms with E-state index < -0.39 is 0 Å². The quantitative estimate of drug-likeness (QED) is 0.572. The minimum Gasteiger partial charge on any atom is -0.493 e. The van der Waals surface area contributed by atoms with E-state index in [2.05, 4.69) is 10.3 Å². The first-order valence-electron chi connectivity index (χ1n) is 8.05. The normalized spacial score (nSPS) is 10.4. The summed E-state index contributed by atoms with van der Waals surface area (Å²) in [7, 11) is 1.61. The average Bonchev–Trinajstić information content (AvgIpc) is 2.67. The van der Waals surface area contributed by atoms with Crippen LogP contribution in [0.3, 0.4) is 0 Å². The number of hydrogen-bond acceptors (Lipinski definition) is 4. The predicted molar refractivity (Wildman–Crippen MR) is 105 cm³/mol. The third-order valence-corrected chi connectivity index (χ3v) is 4.54. The van der Waals surface area contributed by atoms with E-state index >= 15 is 0 Å². The van der Waals surface area contributed by atoms with E-state index in [1.54, 1.807) is 31.5 Å². The Morgan fingerprint density at radius 3 is 2.42 bits per heavy atom. The van der Waals surface area contributed by atoms with Crippen molar-refractivity contribution in [2.24, 2.45) is 0 Å². The van der Waals surface area contributed by atoms with Gasteiger partial charge in [-0.3, -0.25) is 0 Å². The lowest BCUT2D eigenvalue weighted by Gasteiger charge is -2.16. The van der Waals surface area contributed by atoms with E-state index in [1.165, 1.54) is 0 Å². The van der Waals surface area contributed by atoms with E-state index in [1.807, 2.05) is 36.4 Å². The van der Waals surface area contributed by atoms with E-state index in [0.29, 0.717) is 28.1 Å². The van der Waals surface area contributed by atoms with E-state index in [4.69, 9.17) is 32.7 Å². The van der Waals surface area contributed by atoms with Gasteiger partial charge >= 0.3 is 0 Å². The monoisotopic (exact) mass is 388 g/mol. The second-order valence-electron chi connectivity index (χ2n) is 5.51. The highest BCUT2D eigenvalue weighted by Crippen LogP contribution is 2.34. The third-order valence-electron chi connectivity index (χ3n) is 3.83. The number of rotatable bonds is 7. The maximum atomic E-state index is 6.23. The van der Waals surface area contributed by atoms with Crippen molar-refractivity contribution in [3.63, 3.8) is 0 Å². The summed E-state index contributed by atoms with van der Waals surface area (Å²) in [5.74, 6) is 2.08. The number of halogens is 2. The molecular formula is C20H18Cl2N2O2. The van der Waals surface area contributed by atoms with Crippen molar-refractivity contribution in [2.45, 2.75) is 13.2 Å². The molecule has 2 aromatic carbocycles. The molecule has 134 valence electrons. The lowest BCUT2D eigenvalue weighted by molar-refractivity contribution is 0.282. The molecule has 0 radical (unpaired) electrons. The first-order valence-corrected chi connectivity index (χ1v) is 8.81. The zero-order valence-electron chi connectivity index (χ0n) is 14.2. The lowest BCUT2D eigenvalue weighted by Crippen LogP contribution is -2.06. The number of anilines is 1. The zero-order chi connectivity index (χ0) is 18.4. The Bertz CT molecular complexity index is 853. The molecule has 0 aliphatic carbocycles. The van der Waals surface area contributed by atoms with Gasteiger partial charge in [-0.2, -0.15) is 0 Å². The zero-order valence-corrected chi connectivity index (χ0v) is 15.7. The van der Waals surface area contributed by atoms with Gasteiger partial charge in [0, 0.05) is 33.9 Å². The van der Waals surface area contributed by atoms with Gasteiger partial charge in [0.1, 0.15) is 12.4 Å². The highest BCUT2D eigenvalue weighted by atomic mass is 35.5. The van der Waals surface area contributed by atoms with Crippen LogP contribution in [0, 0.1) is 0 Å². The molecule has 0 unspecified atom stereocenters. The summed E-state index contributed by atoms with van der Waals surface area (Å²) in [5, 5.41) is 4.41. The van der Waals surface area contributed by atoms with Crippen molar-refractivity contribution < 1.29 is 9.47 Å². The molecule has 6 heteroatoms. The molecule has 0 saturated heterocycles. The number of methoxy groups -OCH3 is 1. The van der Waals surface area contributed by atoms with Gasteiger partial charge < -0.3 is 14.8 Å². The Kier molecular flexibility index (Phi) is 6.21. The number of ether oxygens (including phenoxy) is 2. The smallest absolute Gasteiger partial charge is 0.166 e. The van der Waals surface area contributed by atoms with Gasteiger partial charge in [0.25, 0.3) is 0 Å². The Morgan fingerprint density at radius 1 is 0.962 bits per heavy atom. The molecule has 0 atom stereocenters. The minimum atomic E-state index is 0.246. The fourth-order valence-corrected chi connectivity index (χ4v) is 3.00. The van der Waals surface area contributed by atoms with Gasteiger partial charge in [-0.15, -0.1) is 0 Å². The molecule has 0 amide bonds. The van der Waals surface area contributed by atoms with E-state index in [9.17, 15) is 0 Å². The van der Waals surface area contributed by atoms with Crippen LogP contribution >= 0.6 is 23.2 Å². The number of benzene rings is 2. The van der Waals surface area contributed by atoms with Crippen LogP contribution in [0.5, 0.6) is 11.5 Å². The maximum Gasteiger partial charge on any atom is 0.166 e. The molecule has 0 fully saturated rings. The Hall–Kier alpha value is -2.43. The van der Waals surface area contributed by atoms with Crippen LogP contribution in [-0.4, -0.2) is 12.1 Å². The summed E-state index contributed by atoms with van der Waals surface area (Å²) < 4.78 is 11.5. The molecular weight excluding hydrogens is 371 g/mol. The van der Waals surface area contributed by atoms with Crippen LogP contribution in [0.2, 0.25) is 10.0 Å². The number of hydrogen-bond donors (Lipinski definition) is 1. The fraction of sp³-hybridized carbons (Fsp3) is 0.150. The lowest BCUT2D eigenvalue weighted by atomic mass is 10.1. The maximum absolute atomic E-state index is 6.23. The Labute approximate surface area is 162 Å². The van der Waals surface area contributed by atoms with Crippen molar-refractivity contribution in [3.8, 4) is 11.5 Å². The summed E-state index contributed by atoms with van der Waals surface area (Å²) in [4.78, 5) is 4.26. The third kappa shape index (κ3) is 4.40. The van der Waals surface area contributed by atoms with Crippen LogP contribution in [0.4, 0.5) is 5.82 Å². The van der Waals surface area contributed by atoms with Crippen molar-refractivity contribution in [3.05, 3.63) is 82.0 Å². The van der Waals surface area contributed by atoms with Gasteiger partial charge in [-0.25, -0.2) is 4.98 Å². The van der Waals surface area contributed by atoms with Crippen molar-refractivity contribution in [1.82, 2.24) is 4.98 Å². The van der Waals surface area contributed by atoms with Gasteiger partial charge in [-0.1, -0.05) is 47.5 Å². The largest absolute Gasteiger partial charge is 0.493 e. The molecule has 0 aliphatic heterocycles. The summed E-state index contributed by atoms with van der Waals surface area (Å²) in [6.45, 7) is 0.787. The van der Waals surface area contributed by atoms with Crippen LogP contribution in [0.15, 0.2) is 60.8 Å². The first kappa shape index (κ1) is 18.4. The molecule has 3 rings (SSSR count). The Balaban J connectivity index is 1.80.